The number of benzene rings is 1. The maximum absolute atomic E-state index is 4.72. The molecule has 0 bridgehead atoms. The highest BCUT2D eigenvalue weighted by molar-refractivity contribution is 5.78. The number of hydrogen-bond acceptors (Lipinski definition) is 6. The molecular formula is C21H21N7. The molecule has 4 aromatic rings. The van der Waals surface area contributed by atoms with Gasteiger partial charge in [0.1, 0.15) is 5.82 Å². The summed E-state index contributed by atoms with van der Waals surface area (Å²) in [5, 5.41) is 9.18. The maximum atomic E-state index is 4.72. The van der Waals surface area contributed by atoms with Gasteiger partial charge in [0.05, 0.1) is 36.2 Å². The molecule has 140 valence electrons. The van der Waals surface area contributed by atoms with Crippen molar-refractivity contribution in [1.29, 1.82) is 0 Å². The van der Waals surface area contributed by atoms with Crippen LogP contribution in [-0.4, -0.2) is 36.2 Å². The lowest BCUT2D eigenvalue weighted by atomic mass is 10.1. The highest BCUT2D eigenvalue weighted by atomic mass is 15.3. The zero-order valence-corrected chi connectivity index (χ0v) is 15.5. The van der Waals surface area contributed by atoms with Crippen molar-refractivity contribution in [1.82, 2.24) is 29.6 Å². The highest BCUT2D eigenvalue weighted by Crippen LogP contribution is 2.19. The predicted molar refractivity (Wildman–Crippen MR) is 107 cm³/mol. The Labute approximate surface area is 163 Å². The van der Waals surface area contributed by atoms with Crippen molar-refractivity contribution in [3.8, 4) is 0 Å². The summed E-state index contributed by atoms with van der Waals surface area (Å²) in [5.41, 5.74) is 4.64. The van der Waals surface area contributed by atoms with Crippen molar-refractivity contribution in [2.45, 2.75) is 26.2 Å². The first kappa shape index (κ1) is 16.8. The standard InChI is InChI=1S/C21H21N7/c1-2-17-10-16(3-4-20(17)23-5-1)14-27-8-9-28-19(15-27)11-18(26-28)12-25-21-13-22-6-7-24-21/h1-7,10-11,13H,8-9,12,14-15H2,(H,24,25). The molecule has 1 aliphatic heterocycles. The molecule has 0 fully saturated rings. The molecular weight excluding hydrogens is 350 g/mol. The van der Waals surface area contributed by atoms with Crippen molar-refractivity contribution in [3.63, 3.8) is 0 Å². The van der Waals surface area contributed by atoms with Crippen LogP contribution in [0.25, 0.3) is 10.9 Å². The number of nitrogens with zero attached hydrogens (tertiary/aromatic N) is 6. The topological polar surface area (TPSA) is 71.8 Å². The van der Waals surface area contributed by atoms with Crippen LogP contribution in [0.15, 0.2) is 61.2 Å². The van der Waals surface area contributed by atoms with E-state index in [1.165, 1.54) is 16.6 Å². The largest absolute Gasteiger partial charge is 0.363 e. The molecule has 4 heterocycles. The molecule has 0 aliphatic carbocycles. The van der Waals surface area contributed by atoms with E-state index in [1.54, 1.807) is 18.6 Å². The Morgan fingerprint density at radius 1 is 1.00 bits per heavy atom. The van der Waals surface area contributed by atoms with E-state index in [9.17, 15) is 0 Å². The zero-order chi connectivity index (χ0) is 18.8. The molecule has 1 aliphatic rings. The number of anilines is 1. The first-order chi connectivity index (χ1) is 13.8. The molecule has 1 N–H and O–H groups in total. The Kier molecular flexibility index (Phi) is 4.42. The molecule has 7 nitrogen and oxygen atoms in total. The van der Waals surface area contributed by atoms with Crippen LogP contribution in [0.4, 0.5) is 5.82 Å². The summed E-state index contributed by atoms with van der Waals surface area (Å²) >= 11 is 0. The van der Waals surface area contributed by atoms with Crippen LogP contribution in [0.3, 0.4) is 0 Å². The molecule has 0 radical (unpaired) electrons. The van der Waals surface area contributed by atoms with Crippen molar-refractivity contribution in [3.05, 3.63) is 78.1 Å². The van der Waals surface area contributed by atoms with Gasteiger partial charge in [-0.15, -0.1) is 0 Å². The number of pyridine rings is 1. The summed E-state index contributed by atoms with van der Waals surface area (Å²) in [4.78, 5) is 15.2. The van der Waals surface area contributed by atoms with E-state index in [0.717, 1.165) is 43.2 Å². The van der Waals surface area contributed by atoms with Crippen molar-refractivity contribution < 1.29 is 0 Å². The normalized spacial score (nSPS) is 14.1. The monoisotopic (exact) mass is 371 g/mol. The summed E-state index contributed by atoms with van der Waals surface area (Å²) in [6.07, 6.45) is 6.91. The van der Waals surface area contributed by atoms with Crippen LogP contribution >= 0.6 is 0 Å². The summed E-state index contributed by atoms with van der Waals surface area (Å²) in [5.74, 6) is 0.765. The average Bonchev–Trinajstić information content (AvgIpc) is 3.15. The van der Waals surface area contributed by atoms with E-state index in [-0.39, 0.29) is 0 Å². The molecule has 7 heteroatoms. The molecule has 0 amide bonds. The van der Waals surface area contributed by atoms with Crippen LogP contribution in [0, 0.1) is 0 Å². The summed E-state index contributed by atoms with van der Waals surface area (Å²) in [6.45, 7) is 4.40. The quantitative estimate of drug-likeness (QED) is 0.582. The van der Waals surface area contributed by atoms with Crippen LogP contribution in [0.5, 0.6) is 0 Å². The van der Waals surface area contributed by atoms with Gasteiger partial charge < -0.3 is 5.32 Å². The van der Waals surface area contributed by atoms with Gasteiger partial charge in [-0.3, -0.25) is 19.5 Å². The number of fused-ring (bicyclic) bond motifs is 2. The highest BCUT2D eigenvalue weighted by Gasteiger charge is 2.18. The number of aromatic nitrogens is 5. The summed E-state index contributed by atoms with van der Waals surface area (Å²) < 4.78 is 2.12. The maximum Gasteiger partial charge on any atom is 0.144 e. The number of hydrogen-bond donors (Lipinski definition) is 1. The second kappa shape index (κ2) is 7.36. The van der Waals surface area contributed by atoms with Crippen LogP contribution in [-0.2, 0) is 26.2 Å². The van der Waals surface area contributed by atoms with Gasteiger partial charge in [0, 0.05) is 43.6 Å². The van der Waals surface area contributed by atoms with Crippen LogP contribution < -0.4 is 5.32 Å². The van der Waals surface area contributed by atoms with Crippen LogP contribution in [0.1, 0.15) is 17.0 Å². The number of nitrogens with one attached hydrogen (secondary N) is 1. The molecule has 28 heavy (non-hydrogen) atoms. The Balaban J connectivity index is 1.25. The van der Waals surface area contributed by atoms with Gasteiger partial charge in [-0.05, 0) is 29.8 Å². The molecule has 1 aromatic carbocycles. The third-order valence-electron chi connectivity index (χ3n) is 5.01. The Bertz CT molecular complexity index is 1090. The summed E-state index contributed by atoms with van der Waals surface area (Å²) in [7, 11) is 0. The van der Waals surface area contributed by atoms with Gasteiger partial charge in [0.25, 0.3) is 0 Å². The average molecular weight is 371 g/mol. The fraction of sp³-hybridized carbons (Fsp3) is 0.238. The minimum Gasteiger partial charge on any atom is -0.363 e. The van der Waals surface area contributed by atoms with E-state index < -0.39 is 0 Å². The van der Waals surface area contributed by atoms with Crippen LogP contribution in [0.2, 0.25) is 0 Å². The molecule has 3 aromatic heterocycles. The molecule has 0 saturated heterocycles. The first-order valence-electron chi connectivity index (χ1n) is 9.45. The molecule has 5 rings (SSSR count). The van der Waals surface area contributed by atoms with E-state index >= 15 is 0 Å². The predicted octanol–water partition coefficient (Wildman–Crippen LogP) is 2.85. The third kappa shape index (κ3) is 3.57. The van der Waals surface area contributed by atoms with Gasteiger partial charge >= 0.3 is 0 Å². The van der Waals surface area contributed by atoms with E-state index in [0.29, 0.717) is 6.54 Å². The van der Waals surface area contributed by atoms with Gasteiger partial charge in [0.2, 0.25) is 0 Å². The Hall–Kier alpha value is -3.32. The van der Waals surface area contributed by atoms with E-state index in [1.807, 2.05) is 12.3 Å². The molecule has 0 atom stereocenters. The fourth-order valence-corrected chi connectivity index (χ4v) is 3.65. The lowest BCUT2D eigenvalue weighted by Crippen LogP contribution is -2.33. The smallest absolute Gasteiger partial charge is 0.144 e. The number of rotatable bonds is 5. The second-order valence-electron chi connectivity index (χ2n) is 7.04. The van der Waals surface area contributed by atoms with E-state index in [4.69, 9.17) is 5.10 Å². The summed E-state index contributed by atoms with van der Waals surface area (Å²) in [6, 6.07) is 12.8. The lowest BCUT2D eigenvalue weighted by molar-refractivity contribution is 0.205. The SMILES string of the molecule is c1cnc2ccc(CN3CCn4nc(CNc5cnccn5)cc4C3)cc2c1. The van der Waals surface area contributed by atoms with Gasteiger partial charge in [-0.1, -0.05) is 12.1 Å². The van der Waals surface area contributed by atoms with Crippen molar-refractivity contribution in [2.24, 2.45) is 0 Å². The third-order valence-corrected chi connectivity index (χ3v) is 5.01. The Morgan fingerprint density at radius 3 is 2.93 bits per heavy atom. The minimum atomic E-state index is 0.649. The van der Waals surface area contributed by atoms with Gasteiger partial charge in [-0.25, -0.2) is 4.98 Å². The second-order valence-corrected chi connectivity index (χ2v) is 7.04. The van der Waals surface area contributed by atoms with E-state index in [2.05, 4.69) is 60.2 Å². The zero-order valence-electron chi connectivity index (χ0n) is 15.5. The minimum absolute atomic E-state index is 0.649. The van der Waals surface area contributed by atoms with Crippen molar-refractivity contribution >= 4 is 16.7 Å². The Morgan fingerprint density at radius 2 is 2.00 bits per heavy atom. The lowest BCUT2D eigenvalue weighted by Gasteiger charge is -2.27. The van der Waals surface area contributed by atoms with Gasteiger partial charge in [0.15, 0.2) is 0 Å². The molecule has 0 spiro atoms. The van der Waals surface area contributed by atoms with Crippen molar-refractivity contribution in [2.75, 3.05) is 11.9 Å². The molecule has 0 saturated carbocycles. The van der Waals surface area contributed by atoms with Gasteiger partial charge in [-0.2, -0.15) is 5.10 Å². The first-order valence-corrected chi connectivity index (χ1v) is 9.45. The fourth-order valence-electron chi connectivity index (χ4n) is 3.65. The molecule has 0 unspecified atom stereocenters.